The summed E-state index contributed by atoms with van der Waals surface area (Å²) in [6, 6.07) is 15.5. The Morgan fingerprint density at radius 1 is 1.00 bits per heavy atom. The molecule has 5 fully saturated rings. The Hall–Kier alpha value is -3.35. The van der Waals surface area contributed by atoms with Crippen molar-refractivity contribution >= 4 is 29.0 Å². The lowest BCUT2D eigenvalue weighted by Crippen LogP contribution is -2.53. The Bertz CT molecular complexity index is 1180. The third-order valence-corrected chi connectivity index (χ3v) is 9.73. The van der Waals surface area contributed by atoms with Crippen molar-refractivity contribution in [1.82, 2.24) is 4.90 Å². The zero-order chi connectivity index (χ0) is 26.3. The topological polar surface area (TPSA) is 78.7 Å². The third kappa shape index (κ3) is 4.91. The van der Waals surface area contributed by atoms with Gasteiger partial charge in [-0.3, -0.25) is 14.9 Å². The van der Waals surface area contributed by atoms with Crippen LogP contribution in [0.1, 0.15) is 51.0 Å². The molecule has 200 valence electrons. The van der Waals surface area contributed by atoms with Gasteiger partial charge in [0.05, 0.1) is 4.92 Å². The number of carbonyl (C=O) groups excluding carboxylic acids is 1. The van der Waals surface area contributed by atoms with E-state index in [1.165, 1.54) is 38.5 Å². The van der Waals surface area contributed by atoms with Gasteiger partial charge in [0.1, 0.15) is 5.69 Å². The zero-order valence-electron chi connectivity index (χ0n) is 22.2. The summed E-state index contributed by atoms with van der Waals surface area (Å²) in [6.45, 7) is 4.90. The number of nitro benzene ring substituents is 1. The number of anilines is 2. The minimum absolute atomic E-state index is 0.0176. The summed E-state index contributed by atoms with van der Waals surface area (Å²) in [5.74, 6) is 2.54. The summed E-state index contributed by atoms with van der Waals surface area (Å²) in [4.78, 5) is 28.5. The van der Waals surface area contributed by atoms with E-state index in [1.807, 2.05) is 53.4 Å². The SMILES string of the molecule is CC(Nc1cc(N2CCN(C(=O)C=Cc3ccccc3)CC2)ccc1[N+](=O)[O-])C12CC3CC(CC(C3)C1)C2. The molecule has 4 saturated carbocycles. The highest BCUT2D eigenvalue weighted by Crippen LogP contribution is 2.61. The normalized spacial score (nSPS) is 29.0. The fourth-order valence-corrected chi connectivity index (χ4v) is 8.11. The van der Waals surface area contributed by atoms with Crippen molar-refractivity contribution in [2.75, 3.05) is 36.4 Å². The predicted octanol–water partition coefficient (Wildman–Crippen LogP) is 5.97. The van der Waals surface area contributed by atoms with Crippen molar-refractivity contribution < 1.29 is 9.72 Å². The Morgan fingerprint density at radius 3 is 2.24 bits per heavy atom. The monoisotopic (exact) mass is 514 g/mol. The lowest BCUT2D eigenvalue weighted by Gasteiger charge is -2.59. The minimum Gasteiger partial charge on any atom is -0.376 e. The minimum atomic E-state index is -0.270. The molecule has 38 heavy (non-hydrogen) atoms. The molecule has 0 aromatic heterocycles. The third-order valence-electron chi connectivity index (χ3n) is 9.73. The molecule has 5 aliphatic rings. The van der Waals surface area contributed by atoms with Gasteiger partial charge in [0.2, 0.25) is 5.91 Å². The molecule has 4 aliphatic carbocycles. The Balaban J connectivity index is 1.13. The van der Waals surface area contributed by atoms with Gasteiger partial charge in [-0.2, -0.15) is 0 Å². The van der Waals surface area contributed by atoms with Crippen molar-refractivity contribution in [2.24, 2.45) is 23.2 Å². The van der Waals surface area contributed by atoms with Crippen LogP contribution in [0.25, 0.3) is 6.08 Å². The van der Waals surface area contributed by atoms with E-state index < -0.39 is 0 Å². The molecule has 0 radical (unpaired) electrons. The van der Waals surface area contributed by atoms with Crippen LogP contribution >= 0.6 is 0 Å². The number of amides is 1. The second-order valence-electron chi connectivity index (χ2n) is 12.2. The molecule has 1 aliphatic heterocycles. The molecule has 7 rings (SSSR count). The molecule has 2 aromatic rings. The molecule has 7 heteroatoms. The van der Waals surface area contributed by atoms with Crippen molar-refractivity contribution in [1.29, 1.82) is 0 Å². The standard InChI is InChI=1S/C31H38N4O3/c1-22(31-19-24-15-25(20-31)17-26(16-24)21-31)32-28-18-27(8-9-29(28)35(37)38)33-11-13-34(14-12-33)30(36)10-7-23-5-3-2-4-6-23/h2-10,18,22,24-26,32H,11-17,19-21H2,1H3. The van der Waals surface area contributed by atoms with Gasteiger partial charge >= 0.3 is 0 Å². The second kappa shape index (κ2) is 10.1. The van der Waals surface area contributed by atoms with Gasteiger partial charge in [0.25, 0.3) is 5.69 Å². The van der Waals surface area contributed by atoms with E-state index in [-0.39, 0.29) is 28.0 Å². The maximum atomic E-state index is 12.7. The van der Waals surface area contributed by atoms with E-state index in [0.717, 1.165) is 29.0 Å². The second-order valence-corrected chi connectivity index (χ2v) is 12.2. The van der Waals surface area contributed by atoms with Gasteiger partial charge in [-0.1, -0.05) is 30.3 Å². The van der Waals surface area contributed by atoms with E-state index >= 15 is 0 Å². The van der Waals surface area contributed by atoms with Crippen molar-refractivity contribution in [3.63, 3.8) is 0 Å². The molecule has 1 unspecified atom stereocenters. The van der Waals surface area contributed by atoms with Gasteiger partial charge in [-0.15, -0.1) is 0 Å². The van der Waals surface area contributed by atoms with Crippen LogP contribution in [0.5, 0.6) is 0 Å². The number of hydrogen-bond donors (Lipinski definition) is 1. The van der Waals surface area contributed by atoms with Gasteiger partial charge in [-0.25, -0.2) is 0 Å². The number of hydrogen-bond acceptors (Lipinski definition) is 5. The molecular weight excluding hydrogens is 476 g/mol. The van der Waals surface area contributed by atoms with Crippen molar-refractivity contribution in [2.45, 2.75) is 51.5 Å². The quantitative estimate of drug-likeness (QED) is 0.280. The van der Waals surface area contributed by atoms with E-state index in [0.29, 0.717) is 31.9 Å². The van der Waals surface area contributed by atoms with Crippen LogP contribution in [-0.2, 0) is 4.79 Å². The lowest BCUT2D eigenvalue weighted by molar-refractivity contribution is -0.384. The van der Waals surface area contributed by atoms with E-state index in [9.17, 15) is 14.9 Å². The van der Waals surface area contributed by atoms with Crippen LogP contribution in [0.3, 0.4) is 0 Å². The number of carbonyl (C=O) groups is 1. The average Bonchev–Trinajstić information content (AvgIpc) is 2.91. The summed E-state index contributed by atoms with van der Waals surface area (Å²) in [6.07, 6.45) is 11.4. The van der Waals surface area contributed by atoms with Crippen LogP contribution in [0.2, 0.25) is 0 Å². The molecule has 4 bridgehead atoms. The average molecular weight is 515 g/mol. The van der Waals surface area contributed by atoms with Gasteiger partial charge in [0.15, 0.2) is 0 Å². The maximum absolute atomic E-state index is 12.7. The maximum Gasteiger partial charge on any atom is 0.292 e. The number of nitrogens with zero attached hydrogens (tertiary/aromatic N) is 3. The van der Waals surface area contributed by atoms with Crippen LogP contribution in [0.15, 0.2) is 54.6 Å². The lowest BCUT2D eigenvalue weighted by atomic mass is 9.48. The molecule has 2 aromatic carbocycles. The van der Waals surface area contributed by atoms with Crippen molar-refractivity contribution in [3.8, 4) is 0 Å². The highest BCUT2D eigenvalue weighted by molar-refractivity contribution is 5.92. The van der Waals surface area contributed by atoms with Crippen molar-refractivity contribution in [3.05, 3.63) is 70.3 Å². The van der Waals surface area contributed by atoms with Gasteiger partial charge in [0, 0.05) is 50.1 Å². The van der Waals surface area contributed by atoms with Crippen LogP contribution < -0.4 is 10.2 Å². The van der Waals surface area contributed by atoms with Crippen LogP contribution in [0.4, 0.5) is 17.1 Å². The number of nitrogens with one attached hydrogen (secondary N) is 1. The van der Waals surface area contributed by atoms with E-state index in [2.05, 4.69) is 17.1 Å². The number of nitro groups is 1. The molecule has 1 atom stereocenters. The van der Waals surface area contributed by atoms with Gasteiger partial charge < -0.3 is 15.1 Å². The fraction of sp³-hybridized carbons (Fsp3) is 0.516. The summed E-state index contributed by atoms with van der Waals surface area (Å²) in [5.41, 5.74) is 3.01. The fourth-order valence-electron chi connectivity index (χ4n) is 8.11. The Kier molecular flexibility index (Phi) is 6.62. The largest absolute Gasteiger partial charge is 0.376 e. The van der Waals surface area contributed by atoms with Crippen LogP contribution in [-0.4, -0.2) is 48.0 Å². The smallest absolute Gasteiger partial charge is 0.292 e. The highest BCUT2D eigenvalue weighted by atomic mass is 16.6. The number of rotatable bonds is 7. The zero-order valence-corrected chi connectivity index (χ0v) is 22.2. The molecule has 1 amide bonds. The highest BCUT2D eigenvalue weighted by Gasteiger charge is 2.53. The first-order valence-corrected chi connectivity index (χ1v) is 14.2. The number of piperazine rings is 1. The summed E-state index contributed by atoms with van der Waals surface area (Å²) in [7, 11) is 0. The molecular formula is C31H38N4O3. The van der Waals surface area contributed by atoms with E-state index in [4.69, 9.17) is 0 Å². The summed E-state index contributed by atoms with van der Waals surface area (Å²) >= 11 is 0. The molecule has 1 N–H and O–H groups in total. The first kappa shape index (κ1) is 25.0. The molecule has 1 saturated heterocycles. The van der Waals surface area contributed by atoms with Gasteiger partial charge in [-0.05, 0) is 92.4 Å². The summed E-state index contributed by atoms with van der Waals surface area (Å²) in [5, 5.41) is 15.6. The molecule has 1 heterocycles. The first-order valence-electron chi connectivity index (χ1n) is 14.2. The molecule has 0 spiro atoms. The summed E-state index contributed by atoms with van der Waals surface area (Å²) < 4.78 is 0. The first-order chi connectivity index (χ1) is 18.4. The Labute approximate surface area is 225 Å². The predicted molar refractivity (Wildman–Crippen MR) is 151 cm³/mol. The molecule has 7 nitrogen and oxygen atoms in total. The van der Waals surface area contributed by atoms with E-state index in [1.54, 1.807) is 12.1 Å². The van der Waals surface area contributed by atoms with Crippen LogP contribution in [0, 0.1) is 33.3 Å². The number of benzene rings is 2. The Morgan fingerprint density at radius 2 is 1.63 bits per heavy atom.